The van der Waals surface area contributed by atoms with E-state index in [9.17, 15) is 4.39 Å². The molecule has 0 saturated carbocycles. The molecular formula is C12H8FN3S. The van der Waals surface area contributed by atoms with Gasteiger partial charge in [0.15, 0.2) is 0 Å². The van der Waals surface area contributed by atoms with Crippen LogP contribution in [0.5, 0.6) is 0 Å². The minimum Gasteiger partial charge on any atom is -0.346 e. The number of benzene rings is 1. The summed E-state index contributed by atoms with van der Waals surface area (Å²) in [6.07, 6.45) is 3.35. The van der Waals surface area contributed by atoms with Gasteiger partial charge in [-0.2, -0.15) is 0 Å². The lowest BCUT2D eigenvalue weighted by Crippen LogP contribution is -1.84. The number of H-pyrrole nitrogens is 1. The average molecular weight is 245 g/mol. The Morgan fingerprint density at radius 1 is 1.06 bits per heavy atom. The van der Waals surface area contributed by atoms with E-state index in [1.807, 2.05) is 12.3 Å². The van der Waals surface area contributed by atoms with Crippen molar-refractivity contribution in [2.24, 2.45) is 0 Å². The molecule has 3 rings (SSSR count). The summed E-state index contributed by atoms with van der Waals surface area (Å²) in [6, 6.07) is 8.29. The molecule has 0 spiro atoms. The number of aromatic amines is 1. The normalized spacial score (nSPS) is 10.9. The van der Waals surface area contributed by atoms with Crippen molar-refractivity contribution in [2.75, 3.05) is 0 Å². The Labute approximate surface area is 101 Å². The summed E-state index contributed by atoms with van der Waals surface area (Å²) in [7, 11) is 0. The van der Waals surface area contributed by atoms with Crippen LogP contribution < -0.4 is 0 Å². The first-order valence-electron chi connectivity index (χ1n) is 5.04. The molecule has 17 heavy (non-hydrogen) atoms. The van der Waals surface area contributed by atoms with Gasteiger partial charge in [0.05, 0.1) is 5.39 Å². The van der Waals surface area contributed by atoms with Gasteiger partial charge in [0.2, 0.25) is 0 Å². The van der Waals surface area contributed by atoms with Crippen molar-refractivity contribution in [1.82, 2.24) is 15.0 Å². The third-order valence-electron chi connectivity index (χ3n) is 2.35. The second-order valence-electron chi connectivity index (χ2n) is 3.47. The summed E-state index contributed by atoms with van der Waals surface area (Å²) in [4.78, 5) is 12.3. The molecule has 0 atom stereocenters. The van der Waals surface area contributed by atoms with Gasteiger partial charge in [-0.15, -0.1) is 0 Å². The zero-order valence-corrected chi connectivity index (χ0v) is 9.54. The second kappa shape index (κ2) is 4.18. The van der Waals surface area contributed by atoms with E-state index in [4.69, 9.17) is 0 Å². The van der Waals surface area contributed by atoms with Gasteiger partial charge in [0, 0.05) is 11.1 Å². The van der Waals surface area contributed by atoms with Gasteiger partial charge in [-0.3, -0.25) is 0 Å². The number of aromatic nitrogens is 3. The molecule has 3 aromatic rings. The highest BCUT2D eigenvalue weighted by Gasteiger charge is 2.06. The van der Waals surface area contributed by atoms with Crippen molar-refractivity contribution in [1.29, 1.82) is 0 Å². The zero-order chi connectivity index (χ0) is 11.7. The van der Waals surface area contributed by atoms with Crippen molar-refractivity contribution in [2.45, 2.75) is 9.92 Å². The van der Waals surface area contributed by atoms with Crippen molar-refractivity contribution in [3.8, 4) is 0 Å². The summed E-state index contributed by atoms with van der Waals surface area (Å²) in [5.74, 6) is -0.233. The van der Waals surface area contributed by atoms with Crippen LogP contribution >= 0.6 is 11.8 Å². The fourth-order valence-corrected chi connectivity index (χ4v) is 2.41. The summed E-state index contributed by atoms with van der Waals surface area (Å²) < 4.78 is 12.8. The van der Waals surface area contributed by atoms with Crippen LogP contribution in [0.4, 0.5) is 4.39 Å². The molecule has 84 valence electrons. The number of hydrogen-bond acceptors (Lipinski definition) is 3. The van der Waals surface area contributed by atoms with Gasteiger partial charge >= 0.3 is 0 Å². The van der Waals surface area contributed by atoms with E-state index < -0.39 is 0 Å². The Kier molecular flexibility index (Phi) is 2.53. The molecule has 0 saturated heterocycles. The Morgan fingerprint density at radius 2 is 1.88 bits per heavy atom. The summed E-state index contributed by atoms with van der Waals surface area (Å²) in [6.45, 7) is 0. The van der Waals surface area contributed by atoms with Gasteiger partial charge in [-0.25, -0.2) is 14.4 Å². The van der Waals surface area contributed by atoms with Crippen LogP contribution in [0, 0.1) is 5.82 Å². The van der Waals surface area contributed by atoms with E-state index >= 15 is 0 Å². The maximum Gasteiger partial charge on any atom is 0.141 e. The monoisotopic (exact) mass is 245 g/mol. The van der Waals surface area contributed by atoms with E-state index in [1.165, 1.54) is 30.2 Å². The maximum atomic E-state index is 12.8. The first-order valence-corrected chi connectivity index (χ1v) is 5.86. The minimum absolute atomic E-state index is 0.233. The Hall–Kier alpha value is -1.88. The van der Waals surface area contributed by atoms with Gasteiger partial charge in [-0.1, -0.05) is 11.8 Å². The molecule has 0 aliphatic heterocycles. The standard InChI is InChI=1S/C12H8FN3S/c13-8-1-3-9(4-2-8)17-12-10-5-6-14-11(10)15-7-16-12/h1-7H,(H,14,15,16). The van der Waals surface area contributed by atoms with Crippen LogP contribution in [0.3, 0.4) is 0 Å². The third kappa shape index (κ3) is 2.01. The van der Waals surface area contributed by atoms with Crippen molar-refractivity contribution in [3.05, 3.63) is 48.7 Å². The van der Waals surface area contributed by atoms with Gasteiger partial charge in [-0.05, 0) is 30.3 Å². The van der Waals surface area contributed by atoms with Crippen molar-refractivity contribution >= 4 is 22.8 Å². The number of hydrogen-bond donors (Lipinski definition) is 1. The van der Waals surface area contributed by atoms with E-state index in [1.54, 1.807) is 12.1 Å². The number of nitrogens with zero attached hydrogens (tertiary/aromatic N) is 2. The van der Waals surface area contributed by atoms with Crippen molar-refractivity contribution < 1.29 is 4.39 Å². The van der Waals surface area contributed by atoms with E-state index in [0.29, 0.717) is 0 Å². The molecule has 1 N–H and O–H groups in total. The van der Waals surface area contributed by atoms with Gasteiger partial charge in [0.1, 0.15) is 22.8 Å². The van der Waals surface area contributed by atoms with Gasteiger partial charge in [0.25, 0.3) is 0 Å². The van der Waals surface area contributed by atoms with Gasteiger partial charge < -0.3 is 4.98 Å². The van der Waals surface area contributed by atoms with Crippen LogP contribution in [0.15, 0.2) is 52.8 Å². The molecule has 5 heteroatoms. The van der Waals surface area contributed by atoms with Crippen LogP contribution in [-0.4, -0.2) is 15.0 Å². The number of nitrogens with one attached hydrogen (secondary N) is 1. The molecule has 0 amide bonds. The fraction of sp³-hybridized carbons (Fsp3) is 0. The Morgan fingerprint density at radius 3 is 2.71 bits per heavy atom. The van der Waals surface area contributed by atoms with E-state index in [2.05, 4.69) is 15.0 Å². The minimum atomic E-state index is -0.233. The Balaban J connectivity index is 1.99. The molecular weight excluding hydrogens is 237 g/mol. The SMILES string of the molecule is Fc1ccc(Sc2ncnc3[nH]ccc23)cc1. The molecule has 0 radical (unpaired) electrons. The quantitative estimate of drug-likeness (QED) is 0.705. The highest BCUT2D eigenvalue weighted by molar-refractivity contribution is 7.99. The number of fused-ring (bicyclic) bond motifs is 1. The highest BCUT2D eigenvalue weighted by atomic mass is 32.2. The second-order valence-corrected chi connectivity index (χ2v) is 4.54. The van der Waals surface area contributed by atoms with Crippen LogP contribution in [0.1, 0.15) is 0 Å². The number of rotatable bonds is 2. The average Bonchev–Trinajstić information content (AvgIpc) is 2.81. The molecule has 0 aliphatic rings. The molecule has 2 heterocycles. The van der Waals surface area contributed by atoms with Crippen LogP contribution in [0.2, 0.25) is 0 Å². The lowest BCUT2D eigenvalue weighted by Gasteiger charge is -2.01. The zero-order valence-electron chi connectivity index (χ0n) is 8.72. The van der Waals surface area contributed by atoms with Crippen molar-refractivity contribution in [3.63, 3.8) is 0 Å². The molecule has 2 aromatic heterocycles. The summed E-state index contributed by atoms with van der Waals surface area (Å²) in [5, 5.41) is 1.84. The predicted octanol–water partition coefficient (Wildman–Crippen LogP) is 3.25. The van der Waals surface area contributed by atoms with E-state index in [-0.39, 0.29) is 5.82 Å². The maximum absolute atomic E-state index is 12.8. The summed E-state index contributed by atoms with van der Waals surface area (Å²) >= 11 is 1.49. The topological polar surface area (TPSA) is 41.6 Å². The molecule has 0 aliphatic carbocycles. The fourth-order valence-electron chi connectivity index (χ4n) is 1.54. The largest absolute Gasteiger partial charge is 0.346 e. The summed E-state index contributed by atoms with van der Waals surface area (Å²) in [5.41, 5.74) is 0.810. The first-order chi connectivity index (χ1) is 8.33. The molecule has 0 fully saturated rings. The van der Waals surface area contributed by atoms with Crippen LogP contribution in [0.25, 0.3) is 11.0 Å². The lowest BCUT2D eigenvalue weighted by molar-refractivity contribution is 0.626. The molecule has 0 bridgehead atoms. The Bertz CT molecular complexity index is 648. The highest BCUT2D eigenvalue weighted by Crippen LogP contribution is 2.30. The molecule has 3 nitrogen and oxygen atoms in total. The third-order valence-corrected chi connectivity index (χ3v) is 3.37. The smallest absolute Gasteiger partial charge is 0.141 e. The molecule has 0 unspecified atom stereocenters. The number of halogens is 1. The predicted molar refractivity (Wildman–Crippen MR) is 64.4 cm³/mol. The lowest BCUT2D eigenvalue weighted by atomic mass is 10.4. The van der Waals surface area contributed by atoms with Crippen LogP contribution in [-0.2, 0) is 0 Å². The van der Waals surface area contributed by atoms with E-state index in [0.717, 1.165) is 21.0 Å². The first kappa shape index (κ1) is 10.3. The molecule has 1 aromatic carbocycles.